The third kappa shape index (κ3) is 7.31. The Morgan fingerprint density at radius 2 is 1.15 bits per heavy atom. The molecule has 0 radical (unpaired) electrons. The maximum Gasteiger partial charge on any atom is 0.253 e. The zero-order valence-corrected chi connectivity index (χ0v) is 26.8. The lowest BCUT2D eigenvalue weighted by atomic mass is 9.90. The summed E-state index contributed by atoms with van der Waals surface area (Å²) < 4.78 is 5.61. The van der Waals surface area contributed by atoms with Crippen LogP contribution in [0.1, 0.15) is 45.9 Å². The summed E-state index contributed by atoms with van der Waals surface area (Å²) in [4.78, 5) is 32.5. The zero-order valence-electron chi connectivity index (χ0n) is 26.8. The Morgan fingerprint density at radius 3 is 1.72 bits per heavy atom. The summed E-state index contributed by atoms with van der Waals surface area (Å²) in [6.07, 6.45) is 0. The standard InChI is InChI=1S/C40H40N4O3/c1-29(30-14-6-3-7-15-30)41-39(45)34-28-33(42-40(46)38(31-16-8-4-9-17-31)32-18-10-5-11-19-32)22-23-35(34)43-24-26-44(27-25-43)36-20-12-13-21-37(36)47-2/h3-23,28-29,38H,24-27H2,1-2H3,(H,41,45)(H,42,46). The van der Waals surface area contributed by atoms with Crippen LogP contribution in [0.3, 0.4) is 0 Å². The molecule has 1 heterocycles. The fraction of sp³-hybridized carbons (Fsp3) is 0.200. The van der Waals surface area contributed by atoms with Crippen molar-refractivity contribution in [2.24, 2.45) is 0 Å². The van der Waals surface area contributed by atoms with Gasteiger partial charge in [0.15, 0.2) is 0 Å². The normalized spacial score (nSPS) is 13.6. The highest BCUT2D eigenvalue weighted by Gasteiger charge is 2.26. The number of piperazine rings is 1. The molecule has 1 fully saturated rings. The Balaban J connectivity index is 1.28. The van der Waals surface area contributed by atoms with Crippen LogP contribution in [0.15, 0.2) is 133 Å². The van der Waals surface area contributed by atoms with Crippen LogP contribution in [0.5, 0.6) is 5.75 Å². The van der Waals surface area contributed by atoms with Gasteiger partial charge in [0.2, 0.25) is 5.91 Å². The van der Waals surface area contributed by atoms with Crippen LogP contribution in [0.25, 0.3) is 0 Å². The van der Waals surface area contributed by atoms with Crippen LogP contribution < -0.4 is 25.2 Å². The number of amides is 2. The van der Waals surface area contributed by atoms with Gasteiger partial charge in [0.1, 0.15) is 5.75 Å². The maximum atomic E-state index is 14.0. The number of carbonyl (C=O) groups excluding carboxylic acids is 2. The fourth-order valence-electron chi connectivity index (χ4n) is 6.25. The van der Waals surface area contributed by atoms with E-state index in [1.807, 2.05) is 128 Å². The third-order valence-corrected chi connectivity index (χ3v) is 8.73. The van der Waals surface area contributed by atoms with Crippen molar-refractivity contribution >= 4 is 28.9 Å². The average Bonchev–Trinajstić information content (AvgIpc) is 3.13. The fourth-order valence-corrected chi connectivity index (χ4v) is 6.25. The number of anilines is 3. The van der Waals surface area contributed by atoms with E-state index in [1.165, 1.54) is 0 Å². The molecule has 1 unspecified atom stereocenters. The monoisotopic (exact) mass is 624 g/mol. The van der Waals surface area contributed by atoms with Gasteiger partial charge in [-0.1, -0.05) is 103 Å². The number of para-hydroxylation sites is 2. The van der Waals surface area contributed by atoms with Crippen molar-refractivity contribution in [3.8, 4) is 5.75 Å². The molecule has 0 aliphatic carbocycles. The van der Waals surface area contributed by atoms with Gasteiger partial charge in [-0.05, 0) is 53.9 Å². The van der Waals surface area contributed by atoms with Crippen molar-refractivity contribution in [1.29, 1.82) is 0 Å². The molecule has 0 spiro atoms. The lowest BCUT2D eigenvalue weighted by molar-refractivity contribution is -0.116. The van der Waals surface area contributed by atoms with E-state index in [0.29, 0.717) is 11.3 Å². The number of nitrogens with zero attached hydrogens (tertiary/aromatic N) is 2. The molecular weight excluding hydrogens is 584 g/mol. The number of methoxy groups -OCH3 is 1. The zero-order chi connectivity index (χ0) is 32.6. The third-order valence-electron chi connectivity index (χ3n) is 8.73. The van der Waals surface area contributed by atoms with E-state index in [1.54, 1.807) is 13.2 Å². The summed E-state index contributed by atoms with van der Waals surface area (Å²) in [5, 5.41) is 6.32. The Labute approximate surface area is 276 Å². The topological polar surface area (TPSA) is 73.9 Å². The molecule has 1 aliphatic rings. The molecule has 7 heteroatoms. The van der Waals surface area contributed by atoms with Crippen LogP contribution in [0.4, 0.5) is 17.1 Å². The van der Waals surface area contributed by atoms with E-state index in [-0.39, 0.29) is 17.9 Å². The van der Waals surface area contributed by atoms with Gasteiger partial charge in [-0.25, -0.2) is 0 Å². The first-order valence-electron chi connectivity index (χ1n) is 16.1. The lowest BCUT2D eigenvalue weighted by Crippen LogP contribution is -2.47. The van der Waals surface area contributed by atoms with Crippen LogP contribution in [-0.4, -0.2) is 45.1 Å². The van der Waals surface area contributed by atoms with Crippen molar-refractivity contribution in [2.75, 3.05) is 48.4 Å². The number of hydrogen-bond donors (Lipinski definition) is 2. The van der Waals surface area contributed by atoms with Crippen LogP contribution in [0.2, 0.25) is 0 Å². The molecule has 1 saturated heterocycles. The van der Waals surface area contributed by atoms with Gasteiger partial charge >= 0.3 is 0 Å². The van der Waals surface area contributed by atoms with Gasteiger partial charge in [-0.2, -0.15) is 0 Å². The second-order valence-electron chi connectivity index (χ2n) is 11.7. The minimum absolute atomic E-state index is 0.162. The van der Waals surface area contributed by atoms with Crippen molar-refractivity contribution in [1.82, 2.24) is 5.32 Å². The molecule has 2 N–H and O–H groups in total. The van der Waals surface area contributed by atoms with Gasteiger partial charge in [0, 0.05) is 37.6 Å². The van der Waals surface area contributed by atoms with Crippen molar-refractivity contribution < 1.29 is 14.3 Å². The maximum absolute atomic E-state index is 14.0. The van der Waals surface area contributed by atoms with E-state index in [2.05, 4.69) is 26.5 Å². The highest BCUT2D eigenvalue weighted by molar-refractivity contribution is 6.03. The quantitative estimate of drug-likeness (QED) is 0.171. The summed E-state index contributed by atoms with van der Waals surface area (Å²) in [5.41, 5.74) is 5.81. The van der Waals surface area contributed by atoms with Gasteiger partial charge in [0.25, 0.3) is 5.91 Å². The molecule has 6 rings (SSSR count). The van der Waals surface area contributed by atoms with Gasteiger partial charge in [0.05, 0.1) is 30.3 Å². The first kappa shape index (κ1) is 31.4. The first-order valence-corrected chi connectivity index (χ1v) is 16.1. The summed E-state index contributed by atoms with van der Waals surface area (Å²) in [5.74, 6) is -0.0114. The Kier molecular flexibility index (Phi) is 9.82. The van der Waals surface area contributed by atoms with Crippen LogP contribution >= 0.6 is 0 Å². The Bertz CT molecular complexity index is 1750. The lowest BCUT2D eigenvalue weighted by Gasteiger charge is -2.38. The van der Waals surface area contributed by atoms with Crippen molar-refractivity contribution in [3.05, 3.63) is 156 Å². The van der Waals surface area contributed by atoms with E-state index in [4.69, 9.17) is 4.74 Å². The number of benzene rings is 5. The number of carbonyl (C=O) groups is 2. The predicted octanol–water partition coefficient (Wildman–Crippen LogP) is 7.28. The molecular formula is C40H40N4O3. The van der Waals surface area contributed by atoms with Gasteiger partial charge < -0.3 is 25.2 Å². The molecule has 1 atom stereocenters. The Hall–Kier alpha value is -5.56. The molecule has 5 aromatic carbocycles. The summed E-state index contributed by atoms with van der Waals surface area (Å²) in [6, 6.07) is 42.9. The molecule has 0 bridgehead atoms. The molecule has 2 amide bonds. The second kappa shape index (κ2) is 14.7. The molecule has 1 aliphatic heterocycles. The SMILES string of the molecule is COc1ccccc1N1CCN(c2ccc(NC(=O)C(c3ccccc3)c3ccccc3)cc2C(=O)NC(C)c2ccccc2)CC1. The van der Waals surface area contributed by atoms with Gasteiger partial charge in [-0.3, -0.25) is 9.59 Å². The van der Waals surface area contributed by atoms with Crippen molar-refractivity contribution in [3.63, 3.8) is 0 Å². The molecule has 5 aromatic rings. The highest BCUT2D eigenvalue weighted by atomic mass is 16.5. The molecule has 7 nitrogen and oxygen atoms in total. The second-order valence-corrected chi connectivity index (χ2v) is 11.7. The van der Waals surface area contributed by atoms with Gasteiger partial charge in [-0.15, -0.1) is 0 Å². The Morgan fingerprint density at radius 1 is 0.638 bits per heavy atom. The minimum Gasteiger partial charge on any atom is -0.495 e. The van der Waals surface area contributed by atoms with Crippen LogP contribution in [-0.2, 0) is 4.79 Å². The smallest absolute Gasteiger partial charge is 0.253 e. The molecule has 0 aromatic heterocycles. The molecule has 47 heavy (non-hydrogen) atoms. The van der Waals surface area contributed by atoms with E-state index < -0.39 is 5.92 Å². The molecule has 0 saturated carbocycles. The van der Waals surface area contributed by atoms with Crippen LogP contribution in [0, 0.1) is 0 Å². The van der Waals surface area contributed by atoms with E-state index in [9.17, 15) is 9.59 Å². The number of ether oxygens (including phenoxy) is 1. The van der Waals surface area contributed by atoms with E-state index in [0.717, 1.165) is 60.0 Å². The predicted molar refractivity (Wildman–Crippen MR) is 190 cm³/mol. The summed E-state index contributed by atoms with van der Waals surface area (Å²) >= 11 is 0. The molecule has 238 valence electrons. The number of rotatable bonds is 10. The summed E-state index contributed by atoms with van der Waals surface area (Å²) in [6.45, 7) is 4.98. The minimum atomic E-state index is -0.504. The first-order chi connectivity index (χ1) is 23.0. The van der Waals surface area contributed by atoms with Crippen molar-refractivity contribution in [2.45, 2.75) is 18.9 Å². The van der Waals surface area contributed by atoms with E-state index >= 15 is 0 Å². The average molecular weight is 625 g/mol. The summed E-state index contributed by atoms with van der Waals surface area (Å²) in [7, 11) is 1.69. The number of nitrogens with one attached hydrogen (secondary N) is 2. The number of hydrogen-bond acceptors (Lipinski definition) is 5. The largest absolute Gasteiger partial charge is 0.495 e. The highest BCUT2D eigenvalue weighted by Crippen LogP contribution is 2.32.